The van der Waals surface area contributed by atoms with Crippen LogP contribution in [0.15, 0.2) is 18.2 Å². The number of primary amides is 1. The van der Waals surface area contributed by atoms with Crippen LogP contribution in [0.4, 0.5) is 13.2 Å². The minimum Gasteiger partial charge on any atom is -0.478 e. The molecule has 1 aromatic rings. The third-order valence-corrected chi connectivity index (χ3v) is 2.39. The SMILES string of the molecule is NC(=O)C(O)C(O)c1ccc(C(=O)O)c(OC(F)(F)F)c1. The lowest BCUT2D eigenvalue weighted by Crippen LogP contribution is -2.34. The van der Waals surface area contributed by atoms with E-state index in [2.05, 4.69) is 4.74 Å². The van der Waals surface area contributed by atoms with E-state index in [0.717, 1.165) is 12.1 Å². The number of halogens is 3. The third kappa shape index (κ3) is 4.33. The molecule has 2 unspecified atom stereocenters. The van der Waals surface area contributed by atoms with E-state index in [1.807, 2.05) is 0 Å². The van der Waals surface area contributed by atoms with Crippen molar-refractivity contribution in [3.05, 3.63) is 29.3 Å². The summed E-state index contributed by atoms with van der Waals surface area (Å²) in [6.07, 6.45) is -9.16. The van der Waals surface area contributed by atoms with E-state index >= 15 is 0 Å². The molecule has 0 aliphatic rings. The normalized spacial score (nSPS) is 14.3. The van der Waals surface area contributed by atoms with E-state index in [1.54, 1.807) is 0 Å². The summed E-state index contributed by atoms with van der Waals surface area (Å²) in [5.41, 5.74) is 3.56. The number of alkyl halides is 3. The zero-order chi connectivity index (χ0) is 16.4. The van der Waals surface area contributed by atoms with Crippen LogP contribution in [-0.4, -0.2) is 39.7 Å². The molecule has 0 spiro atoms. The second-order valence-electron chi connectivity index (χ2n) is 3.90. The first-order chi connectivity index (χ1) is 9.53. The molecule has 2 atom stereocenters. The van der Waals surface area contributed by atoms with Crippen molar-refractivity contribution < 1.29 is 42.8 Å². The minimum absolute atomic E-state index is 0.370. The van der Waals surface area contributed by atoms with Gasteiger partial charge in [-0.1, -0.05) is 6.07 Å². The van der Waals surface area contributed by atoms with Gasteiger partial charge in [-0.2, -0.15) is 0 Å². The molecule has 0 saturated carbocycles. The van der Waals surface area contributed by atoms with Crippen LogP contribution < -0.4 is 10.5 Å². The molecule has 10 heteroatoms. The number of carboxylic acids is 1. The number of carbonyl (C=O) groups is 2. The van der Waals surface area contributed by atoms with Crippen molar-refractivity contribution in [2.45, 2.75) is 18.6 Å². The van der Waals surface area contributed by atoms with Crippen molar-refractivity contribution in [3.8, 4) is 5.75 Å². The van der Waals surface area contributed by atoms with Gasteiger partial charge in [0.15, 0.2) is 6.10 Å². The quantitative estimate of drug-likeness (QED) is 0.613. The summed E-state index contributed by atoms with van der Waals surface area (Å²) in [7, 11) is 0. The van der Waals surface area contributed by atoms with Gasteiger partial charge in [-0.25, -0.2) is 4.79 Å². The summed E-state index contributed by atoms with van der Waals surface area (Å²) in [6.45, 7) is 0. The molecule has 0 radical (unpaired) electrons. The predicted octanol–water partition coefficient (Wildman–Crippen LogP) is 0.163. The molecule has 0 aromatic heterocycles. The zero-order valence-corrected chi connectivity index (χ0v) is 10.2. The Morgan fingerprint density at radius 2 is 1.81 bits per heavy atom. The molecule has 0 heterocycles. The molecular formula is C11H10F3NO6. The first-order valence-electron chi connectivity index (χ1n) is 5.31. The van der Waals surface area contributed by atoms with Gasteiger partial charge in [-0.05, 0) is 17.7 Å². The summed E-state index contributed by atoms with van der Waals surface area (Å²) in [5, 5.41) is 27.6. The first kappa shape index (κ1) is 16.7. The van der Waals surface area contributed by atoms with Crippen LogP contribution in [0.1, 0.15) is 22.0 Å². The van der Waals surface area contributed by atoms with Crippen molar-refractivity contribution in [2.24, 2.45) is 5.73 Å². The standard InChI is InChI=1S/C11H10F3NO6/c12-11(13,14)21-6-3-4(1-2-5(6)10(19)20)7(16)8(17)9(15)18/h1-3,7-8,16-17H,(H2,15,18)(H,19,20). The lowest BCUT2D eigenvalue weighted by molar-refractivity contribution is -0.274. The van der Waals surface area contributed by atoms with E-state index in [1.165, 1.54) is 0 Å². The first-order valence-corrected chi connectivity index (χ1v) is 5.31. The monoisotopic (exact) mass is 309 g/mol. The molecule has 0 saturated heterocycles. The van der Waals surface area contributed by atoms with Crippen LogP contribution in [-0.2, 0) is 4.79 Å². The van der Waals surface area contributed by atoms with Gasteiger partial charge in [-0.3, -0.25) is 4.79 Å². The molecule has 116 valence electrons. The van der Waals surface area contributed by atoms with Gasteiger partial charge in [0.2, 0.25) is 5.91 Å². The van der Waals surface area contributed by atoms with Crippen LogP contribution in [0.25, 0.3) is 0 Å². The summed E-state index contributed by atoms with van der Waals surface area (Å²) in [5.74, 6) is -4.09. The van der Waals surface area contributed by atoms with E-state index in [4.69, 9.17) is 10.8 Å². The number of rotatable bonds is 5. The summed E-state index contributed by atoms with van der Waals surface area (Å²) >= 11 is 0. The van der Waals surface area contributed by atoms with Crippen molar-refractivity contribution in [1.29, 1.82) is 0 Å². The average molecular weight is 309 g/mol. The lowest BCUT2D eigenvalue weighted by Gasteiger charge is -2.17. The largest absolute Gasteiger partial charge is 0.573 e. The smallest absolute Gasteiger partial charge is 0.478 e. The van der Waals surface area contributed by atoms with Crippen LogP contribution >= 0.6 is 0 Å². The summed E-state index contributed by atoms with van der Waals surface area (Å²) < 4.78 is 40.1. The number of ether oxygens (including phenoxy) is 1. The number of aliphatic hydroxyl groups excluding tert-OH is 2. The van der Waals surface area contributed by atoms with Gasteiger partial charge in [0, 0.05) is 0 Å². The van der Waals surface area contributed by atoms with E-state index in [9.17, 15) is 33.0 Å². The summed E-state index contributed by atoms with van der Waals surface area (Å²) in [4.78, 5) is 21.5. The number of benzene rings is 1. The Kier molecular flexibility index (Phi) is 4.76. The Morgan fingerprint density at radius 3 is 2.24 bits per heavy atom. The Balaban J connectivity index is 3.24. The maximum absolute atomic E-state index is 12.2. The molecule has 1 amide bonds. The highest BCUT2D eigenvalue weighted by Crippen LogP contribution is 2.30. The molecule has 0 aliphatic heterocycles. The fourth-order valence-corrected chi connectivity index (χ4v) is 1.45. The zero-order valence-electron chi connectivity index (χ0n) is 10.2. The molecule has 0 fully saturated rings. The van der Waals surface area contributed by atoms with Crippen molar-refractivity contribution in [3.63, 3.8) is 0 Å². The Labute approximate surface area is 115 Å². The van der Waals surface area contributed by atoms with Crippen molar-refractivity contribution >= 4 is 11.9 Å². The maximum atomic E-state index is 12.2. The van der Waals surface area contributed by atoms with Gasteiger partial charge in [0.1, 0.15) is 17.4 Å². The second kappa shape index (κ2) is 5.97. The third-order valence-electron chi connectivity index (χ3n) is 2.39. The van der Waals surface area contributed by atoms with Gasteiger partial charge in [0.25, 0.3) is 0 Å². The highest BCUT2D eigenvalue weighted by molar-refractivity contribution is 5.91. The lowest BCUT2D eigenvalue weighted by atomic mass is 10.0. The number of aliphatic hydroxyl groups is 2. The number of carboxylic acid groups (broad SMARTS) is 1. The number of nitrogens with two attached hydrogens (primary N) is 1. The Hall–Kier alpha value is -2.33. The molecular weight excluding hydrogens is 299 g/mol. The van der Waals surface area contributed by atoms with Crippen LogP contribution in [0.3, 0.4) is 0 Å². The van der Waals surface area contributed by atoms with E-state index in [0.29, 0.717) is 6.07 Å². The highest BCUT2D eigenvalue weighted by Gasteiger charge is 2.34. The van der Waals surface area contributed by atoms with E-state index < -0.39 is 41.8 Å². The van der Waals surface area contributed by atoms with Crippen LogP contribution in [0, 0.1) is 0 Å². The fourth-order valence-electron chi connectivity index (χ4n) is 1.45. The molecule has 1 rings (SSSR count). The molecule has 7 nitrogen and oxygen atoms in total. The number of amides is 1. The number of aromatic carboxylic acids is 1. The molecule has 5 N–H and O–H groups in total. The molecule has 1 aromatic carbocycles. The topological polar surface area (TPSA) is 130 Å². The second-order valence-corrected chi connectivity index (χ2v) is 3.90. The van der Waals surface area contributed by atoms with Gasteiger partial charge >= 0.3 is 12.3 Å². The number of hydrogen-bond acceptors (Lipinski definition) is 5. The number of hydrogen-bond donors (Lipinski definition) is 4. The fraction of sp³-hybridized carbons (Fsp3) is 0.273. The average Bonchev–Trinajstić information content (AvgIpc) is 2.34. The van der Waals surface area contributed by atoms with Crippen molar-refractivity contribution in [1.82, 2.24) is 0 Å². The van der Waals surface area contributed by atoms with Gasteiger partial charge < -0.3 is 25.8 Å². The van der Waals surface area contributed by atoms with Crippen molar-refractivity contribution in [2.75, 3.05) is 0 Å². The van der Waals surface area contributed by atoms with Gasteiger partial charge in [-0.15, -0.1) is 13.2 Å². The van der Waals surface area contributed by atoms with Crippen LogP contribution in [0.2, 0.25) is 0 Å². The number of carbonyl (C=O) groups excluding carboxylic acids is 1. The Bertz CT molecular complexity index is 559. The minimum atomic E-state index is -5.16. The maximum Gasteiger partial charge on any atom is 0.573 e. The Morgan fingerprint density at radius 1 is 1.24 bits per heavy atom. The predicted molar refractivity (Wildman–Crippen MR) is 60.2 cm³/mol. The van der Waals surface area contributed by atoms with E-state index in [-0.39, 0.29) is 5.56 Å². The van der Waals surface area contributed by atoms with Crippen LogP contribution in [0.5, 0.6) is 5.75 Å². The molecule has 0 bridgehead atoms. The molecule has 21 heavy (non-hydrogen) atoms. The summed E-state index contributed by atoms with van der Waals surface area (Å²) in [6, 6.07) is 2.20. The highest BCUT2D eigenvalue weighted by atomic mass is 19.4. The van der Waals surface area contributed by atoms with Gasteiger partial charge in [0.05, 0.1) is 0 Å². The molecule has 0 aliphatic carbocycles.